The SMILES string of the molecule is CC/C=C\C/C=C\C/C=C\C/C=C\C/C=C\C/C=C\C/C=C\CCCCCCCCCCCC(=O)OCC(COC(=O)CC/C=C\C/C=C\C/C=C\C/C=C\CC)OC(=O)CCCCCCC/C=C\C/C=C\CCCC. The Balaban J connectivity index is 4.33. The molecule has 0 saturated heterocycles. The van der Waals surface area contributed by atoms with Crippen LogP contribution in [0.2, 0.25) is 0 Å². The van der Waals surface area contributed by atoms with Gasteiger partial charge in [-0.25, -0.2) is 0 Å². The molecule has 0 bridgehead atoms. The van der Waals surface area contributed by atoms with E-state index in [0.29, 0.717) is 12.8 Å². The highest BCUT2D eigenvalue weighted by Crippen LogP contribution is 2.14. The number of carbonyl (C=O) groups is 3. The third-order valence-corrected chi connectivity index (χ3v) is 12.3. The van der Waals surface area contributed by atoms with Crippen LogP contribution < -0.4 is 0 Å². The minimum Gasteiger partial charge on any atom is -0.462 e. The molecule has 1 unspecified atom stereocenters. The van der Waals surface area contributed by atoms with Crippen molar-refractivity contribution in [3.63, 3.8) is 0 Å². The Bertz CT molecular complexity index is 1720. The number of esters is 3. The molecule has 426 valence electrons. The van der Waals surface area contributed by atoms with E-state index >= 15 is 0 Å². The zero-order valence-corrected chi connectivity index (χ0v) is 48.7. The fraction of sp³-hybridized carbons (Fsp3) is 0.586. The highest BCUT2D eigenvalue weighted by Gasteiger charge is 2.19. The number of unbranched alkanes of at least 4 members (excludes halogenated alkanes) is 16. The smallest absolute Gasteiger partial charge is 0.306 e. The molecule has 6 nitrogen and oxygen atoms in total. The molecule has 0 heterocycles. The molecular formula is C70H110O6. The van der Waals surface area contributed by atoms with Gasteiger partial charge in [-0.1, -0.05) is 256 Å². The van der Waals surface area contributed by atoms with Gasteiger partial charge >= 0.3 is 17.9 Å². The summed E-state index contributed by atoms with van der Waals surface area (Å²) in [6.45, 7) is 6.27. The van der Waals surface area contributed by atoms with Gasteiger partial charge in [0, 0.05) is 19.3 Å². The highest BCUT2D eigenvalue weighted by molar-refractivity contribution is 5.71. The molecule has 76 heavy (non-hydrogen) atoms. The summed E-state index contributed by atoms with van der Waals surface area (Å²) in [6, 6.07) is 0. The van der Waals surface area contributed by atoms with Crippen LogP contribution >= 0.6 is 0 Å². The Morgan fingerprint density at radius 2 is 0.539 bits per heavy atom. The van der Waals surface area contributed by atoms with E-state index in [1.165, 1.54) is 57.8 Å². The van der Waals surface area contributed by atoms with Gasteiger partial charge in [-0.2, -0.15) is 0 Å². The Morgan fingerprint density at radius 3 is 0.882 bits per heavy atom. The largest absolute Gasteiger partial charge is 0.462 e. The van der Waals surface area contributed by atoms with Crippen molar-refractivity contribution in [3.05, 3.63) is 158 Å². The van der Waals surface area contributed by atoms with Crippen molar-refractivity contribution in [1.82, 2.24) is 0 Å². The van der Waals surface area contributed by atoms with Crippen molar-refractivity contribution in [2.45, 2.75) is 252 Å². The minimum absolute atomic E-state index is 0.115. The number of ether oxygens (including phenoxy) is 3. The Kier molecular flexibility index (Phi) is 58.5. The highest BCUT2D eigenvalue weighted by atomic mass is 16.6. The Morgan fingerprint density at radius 1 is 0.276 bits per heavy atom. The number of carbonyl (C=O) groups excluding carboxylic acids is 3. The van der Waals surface area contributed by atoms with Crippen LogP contribution in [0.4, 0.5) is 0 Å². The second-order valence-electron chi connectivity index (χ2n) is 19.5. The summed E-state index contributed by atoms with van der Waals surface area (Å²) in [6.07, 6.45) is 91.2. The topological polar surface area (TPSA) is 78.9 Å². The summed E-state index contributed by atoms with van der Waals surface area (Å²) in [4.78, 5) is 38.1. The molecule has 6 heteroatoms. The van der Waals surface area contributed by atoms with Crippen LogP contribution in [0.25, 0.3) is 0 Å². The van der Waals surface area contributed by atoms with Gasteiger partial charge < -0.3 is 14.2 Å². The quantitative estimate of drug-likeness (QED) is 0.0261. The lowest BCUT2D eigenvalue weighted by molar-refractivity contribution is -0.166. The van der Waals surface area contributed by atoms with E-state index in [0.717, 1.165) is 141 Å². The van der Waals surface area contributed by atoms with Gasteiger partial charge in [0.05, 0.1) is 0 Å². The van der Waals surface area contributed by atoms with E-state index in [9.17, 15) is 14.4 Å². The van der Waals surface area contributed by atoms with Gasteiger partial charge in [-0.05, 0) is 128 Å². The molecule has 0 spiro atoms. The molecule has 0 N–H and O–H groups in total. The summed E-state index contributed by atoms with van der Waals surface area (Å²) in [5, 5.41) is 0. The maximum absolute atomic E-state index is 12.8. The zero-order valence-electron chi connectivity index (χ0n) is 48.7. The maximum Gasteiger partial charge on any atom is 0.306 e. The molecule has 0 rings (SSSR count). The number of hydrogen-bond donors (Lipinski definition) is 0. The van der Waals surface area contributed by atoms with Crippen molar-refractivity contribution in [3.8, 4) is 0 Å². The minimum atomic E-state index is -0.824. The van der Waals surface area contributed by atoms with Crippen LogP contribution in [0, 0.1) is 0 Å². The van der Waals surface area contributed by atoms with Gasteiger partial charge in [0.15, 0.2) is 6.10 Å². The molecule has 0 aromatic heterocycles. The first-order valence-corrected chi connectivity index (χ1v) is 30.5. The van der Waals surface area contributed by atoms with Gasteiger partial charge in [0.1, 0.15) is 13.2 Å². The molecule has 1 atom stereocenters. The van der Waals surface area contributed by atoms with Crippen molar-refractivity contribution in [2.24, 2.45) is 0 Å². The fourth-order valence-corrected chi connectivity index (χ4v) is 7.75. The number of hydrogen-bond acceptors (Lipinski definition) is 6. The van der Waals surface area contributed by atoms with Crippen LogP contribution in [-0.4, -0.2) is 37.2 Å². The summed E-state index contributed by atoms with van der Waals surface area (Å²) in [5.41, 5.74) is 0. The van der Waals surface area contributed by atoms with E-state index in [4.69, 9.17) is 14.2 Å². The zero-order chi connectivity index (χ0) is 55.0. The molecule has 0 aliphatic heterocycles. The van der Waals surface area contributed by atoms with E-state index in [1.54, 1.807) is 0 Å². The summed E-state index contributed by atoms with van der Waals surface area (Å²) < 4.78 is 16.8. The molecule has 0 saturated carbocycles. The van der Waals surface area contributed by atoms with E-state index in [-0.39, 0.29) is 44.0 Å². The lowest BCUT2D eigenvalue weighted by Crippen LogP contribution is -2.30. The van der Waals surface area contributed by atoms with Crippen LogP contribution in [0.15, 0.2) is 158 Å². The van der Waals surface area contributed by atoms with Crippen LogP contribution in [-0.2, 0) is 28.6 Å². The molecule has 0 radical (unpaired) electrons. The monoisotopic (exact) mass is 1050 g/mol. The van der Waals surface area contributed by atoms with Crippen molar-refractivity contribution in [1.29, 1.82) is 0 Å². The molecule has 0 fully saturated rings. The molecule has 0 aromatic carbocycles. The summed E-state index contributed by atoms with van der Waals surface area (Å²) in [7, 11) is 0. The fourth-order valence-electron chi connectivity index (χ4n) is 7.75. The van der Waals surface area contributed by atoms with E-state index in [2.05, 4.69) is 167 Å². The first-order chi connectivity index (χ1) is 37.5. The van der Waals surface area contributed by atoms with Crippen molar-refractivity contribution in [2.75, 3.05) is 13.2 Å². The third-order valence-electron chi connectivity index (χ3n) is 12.3. The third kappa shape index (κ3) is 59.9. The second-order valence-corrected chi connectivity index (χ2v) is 19.5. The van der Waals surface area contributed by atoms with E-state index < -0.39 is 6.10 Å². The van der Waals surface area contributed by atoms with Gasteiger partial charge in [-0.3, -0.25) is 14.4 Å². The van der Waals surface area contributed by atoms with Crippen LogP contribution in [0.1, 0.15) is 245 Å². The van der Waals surface area contributed by atoms with Crippen LogP contribution in [0.5, 0.6) is 0 Å². The second kappa shape index (κ2) is 62.6. The Hall–Kier alpha value is -4.97. The molecular weight excluding hydrogens is 937 g/mol. The van der Waals surface area contributed by atoms with Crippen LogP contribution in [0.3, 0.4) is 0 Å². The summed E-state index contributed by atoms with van der Waals surface area (Å²) >= 11 is 0. The lowest BCUT2D eigenvalue weighted by atomic mass is 10.1. The van der Waals surface area contributed by atoms with E-state index in [1.807, 2.05) is 12.2 Å². The standard InChI is InChI=1S/C70H110O6/c1-4-7-10-13-16-19-22-25-27-28-29-30-31-32-33-34-35-36-37-38-39-40-41-42-43-46-48-51-54-57-60-63-69(72)75-66-67(65-74-68(71)62-59-56-53-50-47-44-24-21-18-15-12-9-6-3)76-70(73)64-61-58-55-52-49-45-26-23-20-17-14-11-8-5-2/h7,9-10,12,14,16-19,21,23,25-27,29-30,32-33,35-36,38-39,44,47,53,56,67H,4-6,8,11,13,15,20,22,24,28,31,34,37,40-43,45-46,48-52,54-55,57-66H2,1-3H3/b10-7-,12-9-,17-14-,19-16-,21-18-,26-23-,27-25-,30-29-,33-32-,36-35-,39-38-,47-44-,56-53-. The average Bonchev–Trinajstić information content (AvgIpc) is 3.42. The first-order valence-electron chi connectivity index (χ1n) is 30.5. The van der Waals surface area contributed by atoms with Crippen molar-refractivity contribution >= 4 is 17.9 Å². The molecule has 0 amide bonds. The van der Waals surface area contributed by atoms with Crippen molar-refractivity contribution < 1.29 is 28.6 Å². The van der Waals surface area contributed by atoms with Gasteiger partial charge in [0.2, 0.25) is 0 Å². The number of allylic oxidation sites excluding steroid dienone is 26. The van der Waals surface area contributed by atoms with Gasteiger partial charge in [0.25, 0.3) is 0 Å². The molecule has 0 aliphatic carbocycles. The predicted octanol–water partition coefficient (Wildman–Crippen LogP) is 20.9. The summed E-state index contributed by atoms with van der Waals surface area (Å²) in [5.74, 6) is -1.03. The predicted molar refractivity (Wildman–Crippen MR) is 329 cm³/mol. The normalized spacial score (nSPS) is 13.2. The lowest BCUT2D eigenvalue weighted by Gasteiger charge is -2.18. The molecule has 0 aromatic rings. The maximum atomic E-state index is 12.8. The Labute approximate surface area is 467 Å². The van der Waals surface area contributed by atoms with Gasteiger partial charge in [-0.15, -0.1) is 0 Å². The number of rotatable bonds is 53. The first kappa shape index (κ1) is 71.0. The molecule has 0 aliphatic rings. The average molecular weight is 1050 g/mol.